The molecule has 0 aliphatic carbocycles. The predicted octanol–water partition coefficient (Wildman–Crippen LogP) is 1.62. The molecule has 0 amide bonds. The fourth-order valence-electron chi connectivity index (χ4n) is 1.61. The van der Waals surface area contributed by atoms with Crippen molar-refractivity contribution in [1.29, 1.82) is 0 Å². The number of rotatable bonds is 6. The molecule has 7 nitrogen and oxygen atoms in total. The van der Waals surface area contributed by atoms with Crippen molar-refractivity contribution >= 4 is 15.7 Å². The van der Waals surface area contributed by atoms with Gasteiger partial charge in [0.15, 0.2) is 16.5 Å². The highest BCUT2D eigenvalue weighted by atomic mass is 32.2. The minimum atomic E-state index is -3.68. The summed E-state index contributed by atoms with van der Waals surface area (Å²) in [5, 5.41) is 6.01. The molecule has 108 valence electrons. The predicted molar refractivity (Wildman–Crippen MR) is 73.6 cm³/mol. The quantitative estimate of drug-likeness (QED) is 0.845. The first kappa shape index (κ1) is 14.2. The second-order valence-corrected chi connectivity index (χ2v) is 5.48. The first-order valence-corrected chi connectivity index (χ1v) is 7.38. The van der Waals surface area contributed by atoms with Gasteiger partial charge in [-0.15, -0.1) is 0 Å². The molecule has 8 heteroatoms. The number of hydrogen-bond donors (Lipinski definition) is 2. The lowest BCUT2D eigenvalue weighted by Crippen LogP contribution is -2.13. The summed E-state index contributed by atoms with van der Waals surface area (Å²) in [7, 11) is -2.19. The molecule has 1 aromatic heterocycles. The summed E-state index contributed by atoms with van der Waals surface area (Å²) >= 11 is 0. The van der Waals surface area contributed by atoms with Crippen molar-refractivity contribution in [2.45, 2.75) is 11.9 Å². The molecular weight excluding hydrogens is 282 g/mol. The third-order valence-electron chi connectivity index (χ3n) is 2.48. The summed E-state index contributed by atoms with van der Waals surface area (Å²) in [5.41, 5.74) is 0.375. The number of anilines is 1. The first-order valence-electron chi connectivity index (χ1n) is 5.90. The molecule has 2 aromatic rings. The molecule has 0 aliphatic heterocycles. The van der Waals surface area contributed by atoms with Crippen LogP contribution >= 0.6 is 0 Å². The van der Waals surface area contributed by atoms with Crippen LogP contribution < -0.4 is 14.2 Å². The number of sulfonamides is 1. The second-order valence-electron chi connectivity index (χ2n) is 3.83. The van der Waals surface area contributed by atoms with Gasteiger partial charge in [-0.05, 0) is 25.1 Å². The van der Waals surface area contributed by atoms with Crippen LogP contribution in [0.25, 0.3) is 0 Å². The monoisotopic (exact) mass is 297 g/mol. The Morgan fingerprint density at radius 3 is 2.70 bits per heavy atom. The largest absolute Gasteiger partial charge is 0.493 e. The smallest absolute Gasteiger partial charge is 0.278 e. The molecule has 1 heterocycles. The van der Waals surface area contributed by atoms with E-state index in [9.17, 15) is 8.42 Å². The molecule has 0 aliphatic rings. The molecule has 0 unspecified atom stereocenters. The third-order valence-corrected chi connectivity index (χ3v) is 3.79. The molecule has 0 saturated heterocycles. The van der Waals surface area contributed by atoms with Crippen LogP contribution in [0.4, 0.5) is 5.69 Å². The highest BCUT2D eigenvalue weighted by Gasteiger charge is 2.16. The van der Waals surface area contributed by atoms with Gasteiger partial charge in [0.2, 0.25) is 0 Å². The van der Waals surface area contributed by atoms with Crippen LogP contribution in [0.15, 0.2) is 35.5 Å². The zero-order chi connectivity index (χ0) is 14.6. The summed E-state index contributed by atoms with van der Waals surface area (Å²) in [5.74, 6) is 1.01. The average Bonchev–Trinajstić information content (AvgIpc) is 2.95. The van der Waals surface area contributed by atoms with Gasteiger partial charge in [0.1, 0.15) is 0 Å². The summed E-state index contributed by atoms with van der Waals surface area (Å²) in [4.78, 5) is 0. The number of nitrogens with zero attached hydrogens (tertiary/aromatic N) is 1. The number of aromatic nitrogens is 2. The van der Waals surface area contributed by atoms with Crippen LogP contribution in [0.1, 0.15) is 6.92 Å². The van der Waals surface area contributed by atoms with Crippen molar-refractivity contribution in [3.63, 3.8) is 0 Å². The Morgan fingerprint density at radius 1 is 1.30 bits per heavy atom. The van der Waals surface area contributed by atoms with E-state index in [1.165, 1.54) is 19.4 Å². The number of H-pyrrole nitrogens is 1. The van der Waals surface area contributed by atoms with Crippen molar-refractivity contribution in [3.05, 3.63) is 30.5 Å². The molecule has 0 radical (unpaired) electrons. The topological polar surface area (TPSA) is 93.3 Å². The maximum absolute atomic E-state index is 12.0. The maximum Gasteiger partial charge on any atom is 0.278 e. The van der Waals surface area contributed by atoms with Gasteiger partial charge in [-0.3, -0.25) is 9.82 Å². The van der Waals surface area contributed by atoms with Gasteiger partial charge in [-0.25, -0.2) is 0 Å². The standard InChI is InChI=1S/C12H15N3O4S/c1-3-19-10-5-4-9(8-11(10)18-2)15-20(16,17)12-6-7-13-14-12/h4-8,15H,3H2,1-2H3,(H,13,14). The van der Waals surface area contributed by atoms with Crippen LogP contribution in [0.3, 0.4) is 0 Å². The summed E-state index contributed by atoms with van der Waals surface area (Å²) in [6.45, 7) is 2.35. The number of benzene rings is 1. The highest BCUT2D eigenvalue weighted by Crippen LogP contribution is 2.30. The first-order chi connectivity index (χ1) is 9.56. The van der Waals surface area contributed by atoms with Gasteiger partial charge < -0.3 is 9.47 Å². The van der Waals surface area contributed by atoms with Gasteiger partial charge in [-0.2, -0.15) is 13.5 Å². The van der Waals surface area contributed by atoms with Crippen molar-refractivity contribution in [3.8, 4) is 11.5 Å². The van der Waals surface area contributed by atoms with Crippen molar-refractivity contribution < 1.29 is 17.9 Å². The van der Waals surface area contributed by atoms with E-state index in [1.54, 1.807) is 18.2 Å². The lowest BCUT2D eigenvalue weighted by molar-refractivity contribution is 0.311. The van der Waals surface area contributed by atoms with E-state index >= 15 is 0 Å². The summed E-state index contributed by atoms with van der Waals surface area (Å²) in [6.07, 6.45) is 1.37. The zero-order valence-electron chi connectivity index (χ0n) is 11.1. The van der Waals surface area contributed by atoms with E-state index in [-0.39, 0.29) is 5.03 Å². The number of hydrogen-bond acceptors (Lipinski definition) is 5. The van der Waals surface area contributed by atoms with Crippen molar-refractivity contribution in [2.24, 2.45) is 0 Å². The molecule has 0 spiro atoms. The van der Waals surface area contributed by atoms with Gasteiger partial charge in [0, 0.05) is 6.07 Å². The van der Waals surface area contributed by atoms with Crippen LogP contribution in [-0.2, 0) is 10.0 Å². The third kappa shape index (κ3) is 3.02. The summed E-state index contributed by atoms with van der Waals surface area (Å²) in [6, 6.07) is 6.17. The van der Waals surface area contributed by atoms with Crippen molar-refractivity contribution in [1.82, 2.24) is 10.2 Å². The summed E-state index contributed by atoms with van der Waals surface area (Å²) < 4.78 is 37.0. The van der Waals surface area contributed by atoms with Gasteiger partial charge in [-0.1, -0.05) is 0 Å². The Bertz CT molecular complexity index is 668. The Morgan fingerprint density at radius 2 is 2.10 bits per heavy atom. The fraction of sp³-hybridized carbons (Fsp3) is 0.250. The second kappa shape index (κ2) is 5.83. The zero-order valence-corrected chi connectivity index (χ0v) is 11.9. The van der Waals surface area contributed by atoms with Gasteiger partial charge in [0.25, 0.3) is 10.0 Å². The average molecular weight is 297 g/mol. The minimum Gasteiger partial charge on any atom is -0.493 e. The molecule has 0 saturated carbocycles. The number of methoxy groups -OCH3 is 1. The molecular formula is C12H15N3O4S. The SMILES string of the molecule is CCOc1ccc(NS(=O)(=O)c2ccn[nH]2)cc1OC. The Balaban J connectivity index is 2.26. The molecule has 2 rings (SSSR count). The lowest BCUT2D eigenvalue weighted by Gasteiger charge is -2.12. The van der Waals surface area contributed by atoms with E-state index < -0.39 is 10.0 Å². The van der Waals surface area contributed by atoms with E-state index in [0.29, 0.717) is 23.8 Å². The van der Waals surface area contributed by atoms with E-state index in [4.69, 9.17) is 9.47 Å². The Hall–Kier alpha value is -2.22. The number of aromatic amines is 1. The molecule has 1 aromatic carbocycles. The van der Waals surface area contributed by atoms with Crippen molar-refractivity contribution in [2.75, 3.05) is 18.4 Å². The van der Waals surface area contributed by atoms with Crippen LogP contribution in [0.5, 0.6) is 11.5 Å². The van der Waals surface area contributed by atoms with E-state index in [0.717, 1.165) is 0 Å². The van der Waals surface area contributed by atoms with Gasteiger partial charge >= 0.3 is 0 Å². The lowest BCUT2D eigenvalue weighted by atomic mass is 10.3. The number of nitrogens with one attached hydrogen (secondary N) is 2. The number of ether oxygens (including phenoxy) is 2. The van der Waals surface area contributed by atoms with E-state index in [2.05, 4.69) is 14.9 Å². The molecule has 2 N–H and O–H groups in total. The van der Waals surface area contributed by atoms with Crippen LogP contribution in [0.2, 0.25) is 0 Å². The Labute approximate surface area is 117 Å². The molecule has 0 bridgehead atoms. The normalized spacial score (nSPS) is 11.1. The maximum atomic E-state index is 12.0. The molecule has 0 atom stereocenters. The van der Waals surface area contributed by atoms with Crippen LogP contribution in [0, 0.1) is 0 Å². The molecule has 0 fully saturated rings. The van der Waals surface area contributed by atoms with Crippen LogP contribution in [-0.4, -0.2) is 32.3 Å². The minimum absolute atomic E-state index is 0.00893. The Kier molecular flexibility index (Phi) is 4.14. The highest BCUT2D eigenvalue weighted by molar-refractivity contribution is 7.92. The fourth-order valence-corrected chi connectivity index (χ4v) is 2.57. The van der Waals surface area contributed by atoms with Gasteiger partial charge in [0.05, 0.1) is 25.6 Å². The molecule has 20 heavy (non-hydrogen) atoms. The van der Waals surface area contributed by atoms with E-state index in [1.807, 2.05) is 6.92 Å².